The number of nitriles is 1. The molecule has 1 rings (SSSR count). The second-order valence-corrected chi connectivity index (χ2v) is 2.90. The molecule has 0 heterocycles. The summed E-state index contributed by atoms with van der Waals surface area (Å²) in [6.07, 6.45) is 4.16. The Labute approximate surface area is 128 Å². The fraction of sp³-hybridized carbons (Fsp3) is 0.111. The number of esters is 1. The molecule has 0 aliphatic rings. The van der Waals surface area contributed by atoms with Crippen molar-refractivity contribution in [2.45, 2.75) is 6.92 Å². The predicted octanol–water partition coefficient (Wildman–Crippen LogP) is 4.56. The molecule has 3 heteroatoms. The fourth-order valence-electron chi connectivity index (χ4n) is 0.790. The normalized spacial score (nSPS) is 6.67. The van der Waals surface area contributed by atoms with Crippen LogP contribution in [0.5, 0.6) is 0 Å². The number of ether oxygens (including phenoxy) is 1. The van der Waals surface area contributed by atoms with Gasteiger partial charge in [0.25, 0.3) is 0 Å². The molecule has 3 nitrogen and oxygen atoms in total. The average molecular weight is 285 g/mol. The van der Waals surface area contributed by atoms with Crippen molar-refractivity contribution in [1.82, 2.24) is 0 Å². The van der Waals surface area contributed by atoms with E-state index in [1.807, 2.05) is 36.4 Å². The first-order chi connectivity index (χ1) is 10.2. The number of rotatable bonds is 3. The minimum absolute atomic E-state index is 0.359. The quantitative estimate of drug-likeness (QED) is 0.354. The third kappa shape index (κ3) is 22.8. The zero-order chi connectivity index (χ0) is 16.9. The van der Waals surface area contributed by atoms with Crippen molar-refractivity contribution in [2.75, 3.05) is 6.61 Å². The second-order valence-electron chi connectivity index (χ2n) is 2.90. The number of hydrogen-bond acceptors (Lipinski definition) is 3. The number of carbonyl (C=O) groups is 1. The third-order valence-corrected chi connectivity index (χ3v) is 1.58. The lowest BCUT2D eigenvalue weighted by molar-refractivity contribution is -0.137. The van der Waals surface area contributed by atoms with Crippen LogP contribution in [-0.2, 0) is 9.53 Å². The van der Waals surface area contributed by atoms with Gasteiger partial charge in [-0.15, -0.1) is 13.2 Å². The number of nitrogens with zero attached hydrogens (tertiary/aromatic N) is 1. The molecule has 1 aromatic rings. The third-order valence-electron chi connectivity index (χ3n) is 1.58. The number of benzene rings is 1. The molecule has 0 fully saturated rings. The summed E-state index contributed by atoms with van der Waals surface area (Å²) < 4.78 is 4.43. The highest BCUT2D eigenvalue weighted by molar-refractivity contribution is 5.81. The Morgan fingerprint density at radius 3 is 1.90 bits per heavy atom. The summed E-state index contributed by atoms with van der Waals surface area (Å²) in [5.74, 6) is -0.359. The van der Waals surface area contributed by atoms with Crippen LogP contribution in [0.1, 0.15) is 12.5 Å². The Hall–Kier alpha value is -2.86. The molecule has 0 aliphatic heterocycles. The zero-order valence-electron chi connectivity index (χ0n) is 12.6. The van der Waals surface area contributed by atoms with Crippen molar-refractivity contribution >= 4 is 12.0 Å². The van der Waals surface area contributed by atoms with Gasteiger partial charge in [-0.3, -0.25) is 0 Å². The first kappa shape index (κ1) is 23.2. The minimum Gasteiger partial charge on any atom is -0.463 e. The number of allylic oxidation sites excluding steroid dienone is 1. The number of carbonyl (C=O) groups excluding carboxylic acids is 1. The minimum atomic E-state index is -0.359. The molecule has 0 amide bonds. The lowest BCUT2D eigenvalue weighted by Crippen LogP contribution is -1.97. The molecule has 1 aromatic carbocycles. The van der Waals surface area contributed by atoms with E-state index in [4.69, 9.17) is 5.26 Å². The van der Waals surface area contributed by atoms with Crippen molar-refractivity contribution in [3.05, 3.63) is 80.9 Å². The molecule has 0 N–H and O–H groups in total. The van der Waals surface area contributed by atoms with E-state index in [0.717, 1.165) is 6.08 Å². The molecule has 0 bridgehead atoms. The van der Waals surface area contributed by atoms with E-state index >= 15 is 0 Å². The van der Waals surface area contributed by atoms with Gasteiger partial charge in [-0.2, -0.15) is 5.26 Å². The van der Waals surface area contributed by atoms with Crippen LogP contribution in [0.3, 0.4) is 0 Å². The average Bonchev–Trinajstić information content (AvgIpc) is 2.58. The van der Waals surface area contributed by atoms with E-state index in [9.17, 15) is 4.79 Å². The van der Waals surface area contributed by atoms with Crippen molar-refractivity contribution in [3.63, 3.8) is 0 Å². The fourth-order valence-corrected chi connectivity index (χ4v) is 0.790. The van der Waals surface area contributed by atoms with Crippen LogP contribution in [-0.4, -0.2) is 12.6 Å². The van der Waals surface area contributed by atoms with Crippen molar-refractivity contribution < 1.29 is 9.53 Å². The molecule has 112 valence electrons. The summed E-state index contributed by atoms with van der Waals surface area (Å²) in [7, 11) is 0. The molecular formula is C18H23NO2. The highest BCUT2D eigenvalue weighted by Crippen LogP contribution is 1.97. The van der Waals surface area contributed by atoms with Crippen LogP contribution in [0.15, 0.2) is 75.4 Å². The van der Waals surface area contributed by atoms with Crippen LogP contribution >= 0.6 is 0 Å². The highest BCUT2D eigenvalue weighted by atomic mass is 16.5. The Balaban J connectivity index is -0.000000229. The summed E-state index contributed by atoms with van der Waals surface area (Å²) in [5.41, 5.74) is 1.17. The van der Waals surface area contributed by atoms with Crippen molar-refractivity contribution in [1.29, 1.82) is 5.26 Å². The first-order valence-corrected chi connectivity index (χ1v) is 6.13. The van der Waals surface area contributed by atoms with Crippen molar-refractivity contribution in [3.8, 4) is 6.07 Å². The molecular weight excluding hydrogens is 262 g/mol. The molecule has 0 aliphatic carbocycles. The highest BCUT2D eigenvalue weighted by Gasteiger charge is 1.86. The zero-order valence-corrected chi connectivity index (χ0v) is 12.6. The maximum absolute atomic E-state index is 10.1. The van der Waals surface area contributed by atoms with Gasteiger partial charge in [-0.05, 0) is 12.5 Å². The summed E-state index contributed by atoms with van der Waals surface area (Å²) in [5, 5.41) is 7.51. The summed E-state index contributed by atoms with van der Waals surface area (Å²) in [6, 6.07) is 11.7. The maximum atomic E-state index is 10.1. The molecule has 21 heavy (non-hydrogen) atoms. The molecule has 0 spiro atoms. The standard InChI is InChI=1S/C8H8.C5H8O2.C3H3N.C2H4/c1-2-8-6-4-3-5-7-8;1-3-5(6)7-4-2;1-2-3-4;1-2/h2-7H,1H2;3H,1,4H2,2H3;2H,1H2;1-2H2. The van der Waals surface area contributed by atoms with Gasteiger partial charge >= 0.3 is 5.97 Å². The summed E-state index contributed by atoms with van der Waals surface area (Å²) >= 11 is 0. The smallest absolute Gasteiger partial charge is 0.330 e. The molecule has 0 atom stereocenters. The molecule has 0 aromatic heterocycles. The van der Waals surface area contributed by atoms with Gasteiger partial charge in [0.1, 0.15) is 0 Å². The SMILES string of the molecule is C=C.C=CC#N.C=CC(=O)OCC.C=Cc1ccccc1. The lowest BCUT2D eigenvalue weighted by atomic mass is 10.2. The first-order valence-electron chi connectivity index (χ1n) is 6.13. The lowest BCUT2D eigenvalue weighted by Gasteiger charge is -1.90. The Morgan fingerprint density at radius 1 is 1.24 bits per heavy atom. The van der Waals surface area contributed by atoms with E-state index in [1.165, 1.54) is 11.6 Å². The second kappa shape index (κ2) is 22.3. The summed E-state index contributed by atoms with van der Waals surface area (Å²) in [6.45, 7) is 18.1. The van der Waals surface area contributed by atoms with Gasteiger partial charge < -0.3 is 4.74 Å². The van der Waals surface area contributed by atoms with Crippen LogP contribution < -0.4 is 0 Å². The van der Waals surface area contributed by atoms with Gasteiger partial charge in [0.2, 0.25) is 0 Å². The van der Waals surface area contributed by atoms with E-state index in [2.05, 4.69) is 37.6 Å². The van der Waals surface area contributed by atoms with Gasteiger partial charge in [0, 0.05) is 12.2 Å². The van der Waals surface area contributed by atoms with Crippen LogP contribution in [0.4, 0.5) is 0 Å². The Morgan fingerprint density at radius 2 is 1.71 bits per heavy atom. The van der Waals surface area contributed by atoms with Crippen LogP contribution in [0.25, 0.3) is 6.08 Å². The monoisotopic (exact) mass is 285 g/mol. The maximum Gasteiger partial charge on any atom is 0.330 e. The molecule has 0 unspecified atom stereocenters. The number of hydrogen-bond donors (Lipinski definition) is 0. The van der Waals surface area contributed by atoms with Crippen LogP contribution in [0.2, 0.25) is 0 Å². The van der Waals surface area contributed by atoms with E-state index in [1.54, 1.807) is 13.0 Å². The predicted molar refractivity (Wildman–Crippen MR) is 90.4 cm³/mol. The van der Waals surface area contributed by atoms with E-state index in [-0.39, 0.29) is 5.97 Å². The summed E-state index contributed by atoms with van der Waals surface area (Å²) in [4.78, 5) is 10.1. The van der Waals surface area contributed by atoms with Crippen LogP contribution in [0, 0.1) is 11.3 Å². The molecule has 0 saturated heterocycles. The topological polar surface area (TPSA) is 50.1 Å². The molecule has 0 saturated carbocycles. The van der Waals surface area contributed by atoms with Gasteiger partial charge in [-0.1, -0.05) is 56.1 Å². The Bertz CT molecular complexity index is 430. The van der Waals surface area contributed by atoms with Gasteiger partial charge in [-0.25, -0.2) is 4.79 Å². The largest absolute Gasteiger partial charge is 0.463 e. The Kier molecular flexibility index (Phi) is 24.7. The van der Waals surface area contributed by atoms with Gasteiger partial charge in [0.15, 0.2) is 0 Å². The molecule has 0 radical (unpaired) electrons. The van der Waals surface area contributed by atoms with E-state index in [0.29, 0.717) is 6.61 Å². The van der Waals surface area contributed by atoms with Crippen molar-refractivity contribution in [2.24, 2.45) is 0 Å². The van der Waals surface area contributed by atoms with Gasteiger partial charge in [0.05, 0.1) is 12.7 Å². The van der Waals surface area contributed by atoms with E-state index < -0.39 is 0 Å².